The average molecular weight is 554 g/mol. The number of halogens is 3. The number of thioether (sulfide) groups is 1. The van der Waals surface area contributed by atoms with Crippen molar-refractivity contribution in [2.24, 2.45) is 28.6 Å². The second kappa shape index (κ2) is 8.81. The zero-order chi connectivity index (χ0) is 27.8. The first kappa shape index (κ1) is 27.2. The molecule has 206 valence electrons. The molecule has 1 N–H and O–H groups in total. The average Bonchev–Trinajstić information content (AvgIpc) is 3.37. The highest BCUT2D eigenvalue weighted by Crippen LogP contribution is 2.72. The van der Waals surface area contributed by atoms with E-state index < -0.39 is 75.0 Å². The summed E-state index contributed by atoms with van der Waals surface area (Å²) < 4.78 is 57.5. The third-order valence-electron chi connectivity index (χ3n) is 9.88. The van der Waals surface area contributed by atoms with E-state index in [0.29, 0.717) is 11.8 Å². The number of aliphatic hydroxyl groups excluding tert-OH is 1. The number of hydrogen-bond acceptors (Lipinski definition) is 8. The topological polar surface area (TPSA) is 107 Å². The molecule has 1 heterocycles. The van der Waals surface area contributed by atoms with E-state index in [1.165, 1.54) is 26.0 Å². The van der Waals surface area contributed by atoms with Crippen LogP contribution in [0, 0.1) is 35.5 Å². The van der Waals surface area contributed by atoms with Gasteiger partial charge in [0.05, 0.1) is 12.3 Å². The van der Waals surface area contributed by atoms with Gasteiger partial charge in [0.25, 0.3) is 0 Å². The molecule has 0 radical (unpaired) electrons. The lowest BCUT2D eigenvalue weighted by Crippen LogP contribution is -2.70. The van der Waals surface area contributed by atoms with Gasteiger partial charge >= 0.3 is 5.97 Å². The molecular formula is C27H30F3NO6S. The number of hydrogen-bond donors (Lipinski definition) is 1. The third kappa shape index (κ3) is 3.26. The Bertz CT molecular complexity index is 1270. The standard InChI is InChI=1S/C27H30F3NO6S/c1-13-7-17-18-9-20(29)19-8-15(32)5-6-24(19,3)26(18,30)21(33)10-25(17,4)27(13,23(35)38-12-28)36-22(34)16-11-31-37-14(16)2/h5-6,8,11,13,17-18,20-21,33H,7,9-10,12H2,1-4H3/t13-,17+,18+,20+,21+,24+,25+,26+,27+/m1/s1. The van der Waals surface area contributed by atoms with Crippen molar-refractivity contribution in [3.8, 4) is 0 Å². The smallest absolute Gasteiger partial charge is 0.344 e. The van der Waals surface area contributed by atoms with E-state index in [9.17, 15) is 23.9 Å². The Morgan fingerprint density at radius 1 is 1.29 bits per heavy atom. The fourth-order valence-electron chi connectivity index (χ4n) is 8.07. The van der Waals surface area contributed by atoms with Crippen LogP contribution in [0.5, 0.6) is 0 Å². The molecule has 0 saturated heterocycles. The van der Waals surface area contributed by atoms with Gasteiger partial charge in [-0.1, -0.05) is 25.1 Å². The van der Waals surface area contributed by atoms with Gasteiger partial charge in [-0.15, -0.1) is 0 Å². The quantitative estimate of drug-likeness (QED) is 0.538. The summed E-state index contributed by atoms with van der Waals surface area (Å²) in [7, 11) is 0. The van der Waals surface area contributed by atoms with Gasteiger partial charge in [0.1, 0.15) is 23.5 Å². The van der Waals surface area contributed by atoms with E-state index in [1.807, 2.05) is 0 Å². The molecule has 0 unspecified atom stereocenters. The lowest BCUT2D eigenvalue weighted by Gasteiger charge is -2.63. The summed E-state index contributed by atoms with van der Waals surface area (Å²) in [6.45, 7) is 6.28. The molecule has 3 fully saturated rings. The van der Waals surface area contributed by atoms with Crippen molar-refractivity contribution in [3.63, 3.8) is 0 Å². The summed E-state index contributed by atoms with van der Waals surface area (Å²) in [4.78, 5) is 39.0. The number of nitrogens with zero attached hydrogens (tertiary/aromatic N) is 1. The fourth-order valence-corrected chi connectivity index (χ4v) is 8.86. The lowest BCUT2D eigenvalue weighted by atomic mass is 9.44. The lowest BCUT2D eigenvalue weighted by molar-refractivity contribution is -0.221. The van der Waals surface area contributed by atoms with Crippen molar-refractivity contribution >= 4 is 28.6 Å². The van der Waals surface area contributed by atoms with E-state index in [4.69, 9.17) is 9.26 Å². The van der Waals surface area contributed by atoms with Gasteiger partial charge in [-0.3, -0.25) is 9.59 Å². The van der Waals surface area contributed by atoms with Gasteiger partial charge in [-0.25, -0.2) is 18.0 Å². The zero-order valence-corrected chi connectivity index (χ0v) is 22.3. The van der Waals surface area contributed by atoms with Crippen LogP contribution in [-0.4, -0.2) is 56.7 Å². The maximum absolute atomic E-state index is 17.4. The number of fused-ring (bicyclic) bond motifs is 5. The largest absolute Gasteiger partial charge is 0.445 e. The van der Waals surface area contributed by atoms with Gasteiger partial charge in [-0.2, -0.15) is 0 Å². The summed E-state index contributed by atoms with van der Waals surface area (Å²) in [6, 6.07) is -1.07. The monoisotopic (exact) mass is 553 g/mol. The maximum Gasteiger partial charge on any atom is 0.344 e. The molecule has 0 aromatic carbocycles. The maximum atomic E-state index is 17.4. The molecule has 9 atom stereocenters. The molecule has 0 bridgehead atoms. The highest BCUT2D eigenvalue weighted by molar-refractivity contribution is 8.13. The van der Waals surface area contributed by atoms with Crippen LogP contribution in [0.15, 0.2) is 34.5 Å². The Morgan fingerprint density at radius 2 is 2.00 bits per heavy atom. The van der Waals surface area contributed by atoms with E-state index in [-0.39, 0.29) is 36.2 Å². The number of ether oxygens (including phenoxy) is 1. The predicted octanol–water partition coefficient (Wildman–Crippen LogP) is 4.63. The molecule has 4 aliphatic rings. The first-order chi connectivity index (χ1) is 17.8. The van der Waals surface area contributed by atoms with E-state index in [2.05, 4.69) is 5.16 Å². The van der Waals surface area contributed by atoms with Crippen molar-refractivity contribution in [3.05, 3.63) is 41.3 Å². The summed E-state index contributed by atoms with van der Waals surface area (Å²) >= 11 is 0.348. The van der Waals surface area contributed by atoms with Gasteiger partial charge in [0, 0.05) is 22.7 Å². The number of alkyl halides is 3. The number of aryl methyl sites for hydroxylation is 1. The number of carbonyl (C=O) groups is 3. The van der Waals surface area contributed by atoms with Crippen LogP contribution in [0.2, 0.25) is 0 Å². The molecule has 0 amide bonds. The number of aliphatic hydroxyl groups is 1. The Morgan fingerprint density at radius 3 is 2.63 bits per heavy atom. The van der Waals surface area contributed by atoms with Crippen LogP contribution in [0.1, 0.15) is 56.2 Å². The van der Waals surface area contributed by atoms with E-state index >= 15 is 8.78 Å². The molecule has 0 spiro atoms. The highest BCUT2D eigenvalue weighted by atomic mass is 32.2. The zero-order valence-electron chi connectivity index (χ0n) is 21.5. The SMILES string of the molecule is Cc1oncc1C(=O)O[C@]1(C(=O)SCF)[C@H](C)C[C@H]2[C@@H]3C[C@H](F)C4=CC(=O)C=C[C@]4(C)[C@@]3(F)[C@@H](O)C[C@@]21C. The molecule has 1 aromatic rings. The molecule has 1 aromatic heterocycles. The number of carbonyl (C=O) groups excluding carboxylic acids is 3. The van der Waals surface area contributed by atoms with E-state index in [1.54, 1.807) is 13.8 Å². The minimum absolute atomic E-state index is 0.0119. The second-order valence-electron chi connectivity index (χ2n) is 11.5. The molecule has 0 aliphatic heterocycles. The number of esters is 1. The Labute approximate surface area is 222 Å². The van der Waals surface area contributed by atoms with Crippen LogP contribution >= 0.6 is 11.8 Å². The Balaban J connectivity index is 1.64. The van der Waals surface area contributed by atoms with Crippen molar-refractivity contribution in [1.29, 1.82) is 0 Å². The molecule has 11 heteroatoms. The predicted molar refractivity (Wildman–Crippen MR) is 131 cm³/mol. The molecule has 5 rings (SSSR count). The van der Waals surface area contributed by atoms with Gasteiger partial charge < -0.3 is 14.4 Å². The van der Waals surface area contributed by atoms with Crippen LogP contribution < -0.4 is 0 Å². The minimum atomic E-state index is -2.36. The van der Waals surface area contributed by atoms with Crippen molar-refractivity contribution < 1.29 is 41.9 Å². The minimum Gasteiger partial charge on any atom is -0.445 e. The van der Waals surface area contributed by atoms with Crippen LogP contribution in [0.25, 0.3) is 0 Å². The summed E-state index contributed by atoms with van der Waals surface area (Å²) in [5.41, 5.74) is -7.26. The van der Waals surface area contributed by atoms with Gasteiger partial charge in [0.15, 0.2) is 17.1 Å². The summed E-state index contributed by atoms with van der Waals surface area (Å²) in [5, 5.41) is 14.4. The number of aromatic nitrogens is 1. The number of rotatable bonds is 4. The molecule has 7 nitrogen and oxygen atoms in total. The van der Waals surface area contributed by atoms with Crippen LogP contribution in [-0.2, 0) is 14.3 Å². The first-order valence-corrected chi connectivity index (χ1v) is 13.6. The molecular weight excluding hydrogens is 523 g/mol. The van der Waals surface area contributed by atoms with Crippen molar-refractivity contribution in [2.75, 3.05) is 6.01 Å². The first-order valence-electron chi connectivity index (χ1n) is 12.6. The molecule has 38 heavy (non-hydrogen) atoms. The van der Waals surface area contributed by atoms with Crippen molar-refractivity contribution in [2.45, 2.75) is 70.5 Å². The summed E-state index contributed by atoms with van der Waals surface area (Å²) in [5.74, 6) is -3.67. The van der Waals surface area contributed by atoms with Gasteiger partial charge in [0.2, 0.25) is 5.12 Å². The molecule has 3 saturated carbocycles. The number of ketones is 1. The number of allylic oxidation sites excluding steroid dienone is 4. The fraction of sp³-hybridized carbons (Fsp3) is 0.630. The van der Waals surface area contributed by atoms with Crippen LogP contribution in [0.4, 0.5) is 13.2 Å². The Kier molecular flexibility index (Phi) is 6.30. The van der Waals surface area contributed by atoms with Crippen molar-refractivity contribution in [1.82, 2.24) is 5.16 Å². The Hall–Kier alpha value is -2.40. The van der Waals surface area contributed by atoms with Crippen LogP contribution in [0.3, 0.4) is 0 Å². The normalized spacial score (nSPS) is 43.6. The second-order valence-corrected chi connectivity index (χ2v) is 12.3. The molecule has 4 aliphatic carbocycles. The van der Waals surface area contributed by atoms with E-state index in [0.717, 1.165) is 12.3 Å². The summed E-state index contributed by atoms with van der Waals surface area (Å²) in [6.07, 6.45) is 0.990. The highest BCUT2D eigenvalue weighted by Gasteiger charge is 2.78. The van der Waals surface area contributed by atoms with Gasteiger partial charge in [-0.05, 0) is 68.5 Å². The third-order valence-corrected chi connectivity index (χ3v) is 10.6.